The van der Waals surface area contributed by atoms with Crippen molar-refractivity contribution in [1.82, 2.24) is 9.78 Å². The lowest BCUT2D eigenvalue weighted by Gasteiger charge is -2.10. The Kier molecular flexibility index (Phi) is 5.49. The molecule has 0 bridgehead atoms. The van der Waals surface area contributed by atoms with E-state index in [1.807, 2.05) is 10.9 Å². The highest BCUT2D eigenvalue weighted by Crippen LogP contribution is 2.20. The van der Waals surface area contributed by atoms with Crippen molar-refractivity contribution >= 4 is 15.9 Å². The Morgan fingerprint density at radius 2 is 2.06 bits per heavy atom. The van der Waals surface area contributed by atoms with Crippen LogP contribution < -0.4 is 0 Å². The van der Waals surface area contributed by atoms with E-state index in [0.717, 1.165) is 23.0 Å². The average molecular weight is 289 g/mol. The molecule has 0 radical (unpaired) electrons. The summed E-state index contributed by atoms with van der Waals surface area (Å²) in [6, 6.07) is 0.439. The second kappa shape index (κ2) is 6.40. The molecule has 1 heterocycles. The van der Waals surface area contributed by atoms with Gasteiger partial charge in [0.25, 0.3) is 0 Å². The van der Waals surface area contributed by atoms with Crippen LogP contribution in [0.15, 0.2) is 10.7 Å². The van der Waals surface area contributed by atoms with E-state index >= 15 is 0 Å². The van der Waals surface area contributed by atoms with Gasteiger partial charge in [-0.1, -0.05) is 13.8 Å². The Labute approximate surface area is 106 Å². The van der Waals surface area contributed by atoms with E-state index in [2.05, 4.69) is 48.7 Å². The fourth-order valence-corrected chi connectivity index (χ4v) is 1.66. The van der Waals surface area contributed by atoms with Crippen LogP contribution in [0.3, 0.4) is 0 Å². The Balaban J connectivity index is 2.63. The lowest BCUT2D eigenvalue weighted by molar-refractivity contribution is 0.0482. The fourth-order valence-electron chi connectivity index (χ4n) is 1.26. The summed E-state index contributed by atoms with van der Waals surface area (Å²) in [5, 5.41) is 4.53. The summed E-state index contributed by atoms with van der Waals surface area (Å²) in [6.45, 7) is 9.12. The van der Waals surface area contributed by atoms with Crippen molar-refractivity contribution in [2.45, 2.75) is 59.3 Å². The minimum absolute atomic E-state index is 0.292. The molecule has 0 amide bonds. The van der Waals surface area contributed by atoms with Crippen molar-refractivity contribution in [3.8, 4) is 0 Å². The topological polar surface area (TPSA) is 27.1 Å². The monoisotopic (exact) mass is 288 g/mol. The molecule has 0 fully saturated rings. The van der Waals surface area contributed by atoms with E-state index in [0.29, 0.717) is 18.8 Å². The summed E-state index contributed by atoms with van der Waals surface area (Å²) in [5.74, 6) is 0. The predicted molar refractivity (Wildman–Crippen MR) is 69.5 cm³/mol. The van der Waals surface area contributed by atoms with Crippen molar-refractivity contribution in [3.05, 3.63) is 16.4 Å². The van der Waals surface area contributed by atoms with Crippen LogP contribution in [-0.2, 0) is 11.3 Å². The zero-order valence-corrected chi connectivity index (χ0v) is 12.1. The van der Waals surface area contributed by atoms with Gasteiger partial charge in [0.05, 0.1) is 17.2 Å². The number of nitrogens with zero attached hydrogens (tertiary/aromatic N) is 2. The number of aromatic nitrogens is 2. The third-order valence-electron chi connectivity index (χ3n) is 2.88. The van der Waals surface area contributed by atoms with Gasteiger partial charge in [0.15, 0.2) is 0 Å². The first-order valence-corrected chi connectivity index (χ1v) is 6.72. The van der Waals surface area contributed by atoms with Gasteiger partial charge >= 0.3 is 0 Å². The van der Waals surface area contributed by atoms with Crippen LogP contribution >= 0.6 is 15.9 Å². The van der Waals surface area contributed by atoms with Crippen molar-refractivity contribution < 1.29 is 4.74 Å². The van der Waals surface area contributed by atoms with Gasteiger partial charge in [-0.2, -0.15) is 5.10 Å². The maximum absolute atomic E-state index is 5.68. The van der Waals surface area contributed by atoms with Gasteiger partial charge in [0, 0.05) is 12.2 Å². The van der Waals surface area contributed by atoms with E-state index < -0.39 is 0 Å². The molecule has 0 N–H and O–H groups in total. The molecular formula is C12H21BrN2O. The largest absolute Gasteiger partial charge is 0.372 e. The highest BCUT2D eigenvalue weighted by atomic mass is 79.9. The van der Waals surface area contributed by atoms with Gasteiger partial charge in [-0.3, -0.25) is 4.68 Å². The molecule has 0 spiro atoms. The first-order chi connectivity index (χ1) is 7.58. The van der Waals surface area contributed by atoms with Crippen LogP contribution in [0.4, 0.5) is 0 Å². The number of ether oxygens (including phenoxy) is 1. The van der Waals surface area contributed by atoms with Crippen LogP contribution in [-0.4, -0.2) is 15.9 Å². The summed E-state index contributed by atoms with van der Waals surface area (Å²) in [7, 11) is 0. The molecule has 0 saturated heterocycles. The Morgan fingerprint density at radius 3 is 2.62 bits per heavy atom. The summed E-state index contributed by atoms with van der Waals surface area (Å²) < 4.78 is 8.72. The molecule has 1 rings (SSSR count). The molecule has 0 aliphatic heterocycles. The van der Waals surface area contributed by atoms with E-state index in [9.17, 15) is 0 Å². The van der Waals surface area contributed by atoms with Crippen molar-refractivity contribution in [2.75, 3.05) is 0 Å². The molecule has 0 aromatic carbocycles. The second-order valence-electron chi connectivity index (χ2n) is 4.19. The molecule has 0 saturated carbocycles. The quantitative estimate of drug-likeness (QED) is 0.793. The molecule has 3 nitrogen and oxygen atoms in total. The van der Waals surface area contributed by atoms with Gasteiger partial charge in [0.2, 0.25) is 0 Å². The van der Waals surface area contributed by atoms with Crippen LogP contribution in [0, 0.1) is 0 Å². The van der Waals surface area contributed by atoms with Gasteiger partial charge in [-0.25, -0.2) is 0 Å². The fraction of sp³-hybridized carbons (Fsp3) is 0.750. The molecule has 1 aromatic rings. The first-order valence-electron chi connectivity index (χ1n) is 5.93. The van der Waals surface area contributed by atoms with Crippen LogP contribution in [0.5, 0.6) is 0 Å². The molecule has 0 aliphatic carbocycles. The number of halogens is 1. The molecule has 0 aliphatic rings. The highest BCUT2D eigenvalue weighted by Gasteiger charge is 2.11. The number of hydrogen-bond acceptors (Lipinski definition) is 2. The zero-order valence-electron chi connectivity index (χ0n) is 10.5. The van der Waals surface area contributed by atoms with Crippen molar-refractivity contribution in [2.24, 2.45) is 0 Å². The first kappa shape index (κ1) is 13.7. The van der Waals surface area contributed by atoms with Gasteiger partial charge in [0.1, 0.15) is 5.69 Å². The minimum atomic E-state index is 0.292. The maximum Gasteiger partial charge on any atom is 0.102 e. The van der Waals surface area contributed by atoms with Crippen LogP contribution in [0.2, 0.25) is 0 Å². The van der Waals surface area contributed by atoms with E-state index in [1.54, 1.807) is 0 Å². The molecular weight excluding hydrogens is 268 g/mol. The lowest BCUT2D eigenvalue weighted by Crippen LogP contribution is -2.08. The summed E-state index contributed by atoms with van der Waals surface area (Å²) in [4.78, 5) is 0. The Morgan fingerprint density at radius 1 is 1.38 bits per heavy atom. The Hall–Kier alpha value is -0.350. The third-order valence-corrected chi connectivity index (χ3v) is 3.54. The SMILES string of the molecule is CCC(C)OCc1nn(C(C)CC)cc1Br. The number of hydrogen-bond donors (Lipinski definition) is 0. The molecule has 1 aromatic heterocycles. The van der Waals surface area contributed by atoms with Crippen molar-refractivity contribution in [1.29, 1.82) is 0 Å². The van der Waals surface area contributed by atoms with Crippen LogP contribution in [0.25, 0.3) is 0 Å². The predicted octanol–water partition coefficient (Wildman–Crippen LogP) is 3.93. The van der Waals surface area contributed by atoms with Crippen LogP contribution in [0.1, 0.15) is 52.3 Å². The average Bonchev–Trinajstić information content (AvgIpc) is 2.66. The summed E-state index contributed by atoms with van der Waals surface area (Å²) in [6.07, 6.45) is 4.44. The van der Waals surface area contributed by atoms with E-state index in [4.69, 9.17) is 4.74 Å². The summed E-state index contributed by atoms with van der Waals surface area (Å²) >= 11 is 3.52. The Bertz CT molecular complexity index is 325. The van der Waals surface area contributed by atoms with Gasteiger partial charge in [-0.05, 0) is 42.6 Å². The van der Waals surface area contributed by atoms with Gasteiger partial charge < -0.3 is 4.74 Å². The molecule has 92 valence electrons. The van der Waals surface area contributed by atoms with E-state index in [1.165, 1.54) is 0 Å². The van der Waals surface area contributed by atoms with Crippen molar-refractivity contribution in [3.63, 3.8) is 0 Å². The zero-order chi connectivity index (χ0) is 12.1. The smallest absolute Gasteiger partial charge is 0.102 e. The molecule has 2 atom stereocenters. The molecule has 16 heavy (non-hydrogen) atoms. The highest BCUT2D eigenvalue weighted by molar-refractivity contribution is 9.10. The normalized spacial score (nSPS) is 15.1. The third kappa shape index (κ3) is 3.59. The maximum atomic E-state index is 5.68. The summed E-state index contributed by atoms with van der Waals surface area (Å²) in [5.41, 5.74) is 0.987. The number of rotatable bonds is 6. The van der Waals surface area contributed by atoms with Gasteiger partial charge in [-0.15, -0.1) is 0 Å². The second-order valence-corrected chi connectivity index (χ2v) is 5.05. The van der Waals surface area contributed by atoms with E-state index in [-0.39, 0.29) is 0 Å². The minimum Gasteiger partial charge on any atom is -0.372 e. The molecule has 2 unspecified atom stereocenters. The molecule has 4 heteroatoms. The lowest BCUT2D eigenvalue weighted by atomic mass is 10.3. The standard InChI is InChI=1S/C12H21BrN2O/c1-5-9(3)15-7-11(13)12(14-15)8-16-10(4)6-2/h7,9-10H,5-6,8H2,1-4H3.